The van der Waals surface area contributed by atoms with E-state index in [-0.39, 0.29) is 5.82 Å². The van der Waals surface area contributed by atoms with Crippen LogP contribution in [-0.2, 0) is 6.54 Å². The number of unbranched alkanes of at least 4 members (excludes halogenated alkanes) is 3. The van der Waals surface area contributed by atoms with Crippen molar-refractivity contribution in [2.24, 2.45) is 5.73 Å². The first kappa shape index (κ1) is 16.4. The number of aryl methyl sites for hydroxylation is 1. The van der Waals surface area contributed by atoms with E-state index in [2.05, 4.69) is 29.1 Å². The van der Waals surface area contributed by atoms with Gasteiger partial charge in [-0.05, 0) is 42.6 Å². The summed E-state index contributed by atoms with van der Waals surface area (Å²) in [4.78, 5) is 0. The minimum absolute atomic E-state index is 0.204. The molecule has 0 aliphatic heterocycles. The van der Waals surface area contributed by atoms with Gasteiger partial charge in [0.1, 0.15) is 12.4 Å². The summed E-state index contributed by atoms with van der Waals surface area (Å²) in [7, 11) is 0. The quantitative estimate of drug-likeness (QED) is 0.583. The Morgan fingerprint density at radius 2 is 1.41 bits per heavy atom. The highest BCUT2D eigenvalue weighted by atomic mass is 19.1. The van der Waals surface area contributed by atoms with Crippen LogP contribution in [-0.4, -0.2) is 6.54 Å². The maximum atomic E-state index is 12.8. The van der Waals surface area contributed by atoms with Crippen LogP contribution in [0.1, 0.15) is 36.8 Å². The summed E-state index contributed by atoms with van der Waals surface area (Å²) in [6.45, 7) is 1.84. The fourth-order valence-corrected chi connectivity index (χ4v) is 2.29. The van der Waals surface area contributed by atoms with E-state index < -0.39 is 0 Å². The molecular weight excluding hydrogens is 275 g/mol. The van der Waals surface area contributed by atoms with E-state index in [0.29, 0.717) is 0 Å². The van der Waals surface area contributed by atoms with Crippen LogP contribution in [0.2, 0.25) is 0 Å². The largest absolute Gasteiger partial charge is 0.330 e. The molecule has 1 aromatic carbocycles. The van der Waals surface area contributed by atoms with Gasteiger partial charge in [0.05, 0.1) is 0 Å². The highest BCUT2D eigenvalue weighted by molar-refractivity contribution is 5.69. The number of aromatic nitrogens is 1. The first-order valence-corrected chi connectivity index (χ1v) is 7.91. The second kappa shape index (κ2) is 9.11. The van der Waals surface area contributed by atoms with Crippen molar-refractivity contribution in [1.82, 2.24) is 0 Å². The van der Waals surface area contributed by atoms with Crippen molar-refractivity contribution in [3.05, 3.63) is 65.7 Å². The smallest absolute Gasteiger partial charge is 0.169 e. The fourth-order valence-electron chi connectivity index (χ4n) is 2.29. The van der Waals surface area contributed by atoms with E-state index in [1.165, 1.54) is 31.4 Å². The minimum Gasteiger partial charge on any atom is -0.330 e. The zero-order chi connectivity index (χ0) is 15.6. The van der Waals surface area contributed by atoms with Gasteiger partial charge in [0.2, 0.25) is 0 Å². The standard InChI is InChI=1S/C19H24FN2/c20-19-9-7-17(8-10-19)5-6-18-11-15-22(16-12-18)14-4-2-1-3-13-21/h5-12,15-16H,1-4,13-14,21H2/q+1/b6-5+. The maximum absolute atomic E-state index is 12.8. The van der Waals surface area contributed by atoms with Gasteiger partial charge in [-0.2, -0.15) is 0 Å². The molecule has 3 heteroatoms. The molecule has 0 spiro atoms. The molecule has 0 atom stereocenters. The van der Waals surface area contributed by atoms with Gasteiger partial charge < -0.3 is 5.73 Å². The van der Waals surface area contributed by atoms with Gasteiger partial charge in [-0.3, -0.25) is 0 Å². The molecule has 0 fully saturated rings. The third-order valence-corrected chi connectivity index (χ3v) is 3.63. The molecule has 0 aliphatic carbocycles. The van der Waals surface area contributed by atoms with Crippen LogP contribution in [0.3, 0.4) is 0 Å². The van der Waals surface area contributed by atoms with Crippen molar-refractivity contribution in [2.75, 3.05) is 6.54 Å². The number of hydrogen-bond donors (Lipinski definition) is 1. The van der Waals surface area contributed by atoms with E-state index in [9.17, 15) is 4.39 Å². The molecule has 0 aliphatic rings. The SMILES string of the molecule is NCCCCCC[n+]1ccc(/C=C/c2ccc(F)cc2)cc1. The van der Waals surface area contributed by atoms with Gasteiger partial charge in [-0.15, -0.1) is 0 Å². The number of nitrogens with zero attached hydrogens (tertiary/aromatic N) is 1. The second-order valence-electron chi connectivity index (χ2n) is 5.46. The summed E-state index contributed by atoms with van der Waals surface area (Å²) >= 11 is 0. The van der Waals surface area contributed by atoms with E-state index in [1.807, 2.05) is 12.2 Å². The van der Waals surface area contributed by atoms with Crippen molar-refractivity contribution >= 4 is 12.2 Å². The highest BCUT2D eigenvalue weighted by Crippen LogP contribution is 2.08. The van der Waals surface area contributed by atoms with Crippen LogP contribution in [0, 0.1) is 5.82 Å². The van der Waals surface area contributed by atoms with Crippen molar-refractivity contribution in [3.8, 4) is 0 Å². The predicted molar refractivity (Wildman–Crippen MR) is 89.5 cm³/mol. The monoisotopic (exact) mass is 299 g/mol. The van der Waals surface area contributed by atoms with Crippen molar-refractivity contribution in [1.29, 1.82) is 0 Å². The summed E-state index contributed by atoms with van der Waals surface area (Å²) in [6, 6.07) is 10.7. The lowest BCUT2D eigenvalue weighted by atomic mass is 10.1. The van der Waals surface area contributed by atoms with Gasteiger partial charge in [0, 0.05) is 18.6 Å². The molecule has 2 N–H and O–H groups in total. The number of halogens is 1. The summed E-state index contributed by atoms with van der Waals surface area (Å²) in [5.41, 5.74) is 7.63. The Labute approximate surface area is 132 Å². The average molecular weight is 299 g/mol. The van der Waals surface area contributed by atoms with Gasteiger partial charge in [-0.25, -0.2) is 8.96 Å². The molecular formula is C19H24FN2+. The third kappa shape index (κ3) is 5.78. The Hall–Kier alpha value is -2.00. The summed E-state index contributed by atoms with van der Waals surface area (Å²) in [5, 5.41) is 0. The maximum Gasteiger partial charge on any atom is 0.169 e. The average Bonchev–Trinajstić information content (AvgIpc) is 2.55. The first-order chi connectivity index (χ1) is 10.8. The molecule has 0 unspecified atom stereocenters. The number of benzene rings is 1. The van der Waals surface area contributed by atoms with Crippen LogP contribution in [0.4, 0.5) is 4.39 Å². The Kier molecular flexibility index (Phi) is 6.78. The zero-order valence-corrected chi connectivity index (χ0v) is 12.9. The third-order valence-electron chi connectivity index (χ3n) is 3.63. The molecule has 0 bridgehead atoms. The lowest BCUT2D eigenvalue weighted by molar-refractivity contribution is -0.697. The summed E-state index contributed by atoms with van der Waals surface area (Å²) in [5.74, 6) is -0.204. The van der Waals surface area contributed by atoms with Crippen LogP contribution >= 0.6 is 0 Å². The van der Waals surface area contributed by atoms with Crippen LogP contribution < -0.4 is 10.3 Å². The number of nitrogens with two attached hydrogens (primary N) is 1. The lowest BCUT2D eigenvalue weighted by Crippen LogP contribution is -2.32. The predicted octanol–water partition coefficient (Wildman–Crippen LogP) is 3.80. The van der Waals surface area contributed by atoms with E-state index >= 15 is 0 Å². The molecule has 1 aromatic heterocycles. The minimum atomic E-state index is -0.204. The van der Waals surface area contributed by atoms with Crippen molar-refractivity contribution in [2.45, 2.75) is 32.2 Å². The molecule has 22 heavy (non-hydrogen) atoms. The first-order valence-electron chi connectivity index (χ1n) is 7.91. The lowest BCUT2D eigenvalue weighted by Gasteiger charge is -1.99. The van der Waals surface area contributed by atoms with Gasteiger partial charge >= 0.3 is 0 Å². The van der Waals surface area contributed by atoms with Crippen molar-refractivity contribution < 1.29 is 8.96 Å². The molecule has 2 nitrogen and oxygen atoms in total. The van der Waals surface area contributed by atoms with E-state index in [1.54, 1.807) is 12.1 Å². The summed E-state index contributed by atoms with van der Waals surface area (Å²) < 4.78 is 15.0. The molecule has 2 aromatic rings. The molecule has 0 radical (unpaired) electrons. The van der Waals surface area contributed by atoms with Crippen LogP contribution in [0.25, 0.3) is 12.2 Å². The number of pyridine rings is 1. The zero-order valence-electron chi connectivity index (χ0n) is 12.9. The molecule has 116 valence electrons. The van der Waals surface area contributed by atoms with E-state index in [0.717, 1.165) is 30.6 Å². The van der Waals surface area contributed by atoms with Crippen LogP contribution in [0.5, 0.6) is 0 Å². The Bertz CT molecular complexity index is 573. The Balaban J connectivity index is 1.82. The van der Waals surface area contributed by atoms with Crippen LogP contribution in [0.15, 0.2) is 48.8 Å². The van der Waals surface area contributed by atoms with Gasteiger partial charge in [0.25, 0.3) is 0 Å². The molecule has 1 heterocycles. The summed E-state index contributed by atoms with van der Waals surface area (Å²) in [6.07, 6.45) is 13.0. The fraction of sp³-hybridized carbons (Fsp3) is 0.316. The molecule has 0 saturated heterocycles. The van der Waals surface area contributed by atoms with Gasteiger partial charge in [-0.1, -0.05) is 30.7 Å². The van der Waals surface area contributed by atoms with Gasteiger partial charge in [0.15, 0.2) is 12.4 Å². The van der Waals surface area contributed by atoms with E-state index in [4.69, 9.17) is 5.73 Å². The molecule has 0 saturated carbocycles. The Morgan fingerprint density at radius 1 is 0.818 bits per heavy atom. The molecule has 0 amide bonds. The topological polar surface area (TPSA) is 29.9 Å². The number of hydrogen-bond acceptors (Lipinski definition) is 1. The molecule has 2 rings (SSSR count). The van der Waals surface area contributed by atoms with Crippen molar-refractivity contribution in [3.63, 3.8) is 0 Å². The second-order valence-corrected chi connectivity index (χ2v) is 5.46. The highest BCUT2D eigenvalue weighted by Gasteiger charge is 1.99. The normalized spacial score (nSPS) is 11.2. The number of rotatable bonds is 8. The Morgan fingerprint density at radius 3 is 2.05 bits per heavy atom.